The highest BCUT2D eigenvalue weighted by Crippen LogP contribution is 2.24. The zero-order valence-corrected chi connectivity index (χ0v) is 14.9. The number of nitrogens with one attached hydrogen (secondary N) is 2. The lowest BCUT2D eigenvalue weighted by atomic mass is 10.3. The fraction of sp³-hybridized carbons (Fsp3) is 0.235. The topological polar surface area (TPSA) is 110 Å². The number of aryl methyl sites for hydroxylation is 1. The molecule has 0 unspecified atom stereocenters. The van der Waals surface area contributed by atoms with Crippen molar-refractivity contribution in [1.82, 2.24) is 25.8 Å². The van der Waals surface area contributed by atoms with Crippen LogP contribution < -0.4 is 10.6 Å². The van der Waals surface area contributed by atoms with Crippen molar-refractivity contribution in [2.24, 2.45) is 0 Å². The molecule has 0 fully saturated rings. The van der Waals surface area contributed by atoms with Gasteiger partial charge in [-0.05, 0) is 24.8 Å². The third-order valence-electron chi connectivity index (χ3n) is 3.42. The smallest absolute Gasteiger partial charge is 0.273 e. The van der Waals surface area contributed by atoms with Gasteiger partial charge in [0.05, 0.1) is 16.8 Å². The Bertz CT molecular complexity index is 891. The average molecular weight is 371 g/mol. The second-order valence-corrected chi connectivity index (χ2v) is 6.41. The van der Waals surface area contributed by atoms with E-state index in [1.54, 1.807) is 19.2 Å². The highest BCUT2D eigenvalue weighted by molar-refractivity contribution is 7.13. The molecule has 9 heteroatoms. The zero-order chi connectivity index (χ0) is 18.4. The minimum atomic E-state index is -0.313. The van der Waals surface area contributed by atoms with Crippen molar-refractivity contribution < 1.29 is 14.1 Å². The molecule has 0 saturated carbocycles. The van der Waals surface area contributed by atoms with Crippen LogP contribution in [0.25, 0.3) is 10.6 Å². The largest absolute Gasteiger partial charge is 0.355 e. The first kappa shape index (κ1) is 17.7. The van der Waals surface area contributed by atoms with Crippen molar-refractivity contribution in [3.63, 3.8) is 0 Å². The number of aromatic nitrogens is 3. The Morgan fingerprint density at radius 1 is 1.15 bits per heavy atom. The normalized spacial score (nSPS) is 10.5. The van der Waals surface area contributed by atoms with Gasteiger partial charge in [-0.2, -0.15) is 0 Å². The van der Waals surface area contributed by atoms with Crippen molar-refractivity contribution in [3.05, 3.63) is 53.1 Å². The first-order valence-corrected chi connectivity index (χ1v) is 8.87. The minimum absolute atomic E-state index is 0.229. The van der Waals surface area contributed by atoms with Crippen LogP contribution in [0.3, 0.4) is 0 Å². The number of thiophene rings is 1. The predicted octanol–water partition coefficient (Wildman–Crippen LogP) is 2.05. The van der Waals surface area contributed by atoms with Crippen molar-refractivity contribution in [2.75, 3.05) is 13.1 Å². The van der Waals surface area contributed by atoms with Crippen LogP contribution in [0, 0.1) is 6.92 Å². The second kappa shape index (κ2) is 8.34. The molecule has 3 aromatic heterocycles. The molecule has 0 saturated heterocycles. The van der Waals surface area contributed by atoms with Crippen LogP contribution >= 0.6 is 11.3 Å². The molecule has 0 aliphatic heterocycles. The Morgan fingerprint density at radius 3 is 2.62 bits per heavy atom. The summed E-state index contributed by atoms with van der Waals surface area (Å²) in [5, 5.41) is 11.2. The van der Waals surface area contributed by atoms with Gasteiger partial charge < -0.3 is 15.2 Å². The monoisotopic (exact) mass is 371 g/mol. The van der Waals surface area contributed by atoms with Gasteiger partial charge in [0.25, 0.3) is 11.8 Å². The number of hydrogen-bond donors (Lipinski definition) is 2. The van der Waals surface area contributed by atoms with E-state index in [9.17, 15) is 9.59 Å². The van der Waals surface area contributed by atoms with E-state index in [1.165, 1.54) is 17.5 Å². The van der Waals surface area contributed by atoms with Crippen LogP contribution in [-0.4, -0.2) is 40.0 Å². The molecule has 0 aliphatic rings. The maximum absolute atomic E-state index is 12.0. The van der Waals surface area contributed by atoms with E-state index in [4.69, 9.17) is 4.52 Å². The van der Waals surface area contributed by atoms with Gasteiger partial charge in [-0.25, -0.2) is 4.98 Å². The van der Waals surface area contributed by atoms with Crippen molar-refractivity contribution in [1.29, 1.82) is 0 Å². The molecule has 2 N–H and O–H groups in total. The maximum atomic E-state index is 12.0. The summed E-state index contributed by atoms with van der Waals surface area (Å²) in [5.41, 5.74) is 1.18. The summed E-state index contributed by atoms with van der Waals surface area (Å²) in [6.45, 7) is 2.58. The average Bonchev–Trinajstić information content (AvgIpc) is 3.32. The molecule has 0 radical (unpaired) electrons. The zero-order valence-electron chi connectivity index (χ0n) is 14.1. The Morgan fingerprint density at radius 2 is 1.92 bits per heavy atom. The molecule has 2 amide bonds. The third-order valence-corrected chi connectivity index (χ3v) is 4.30. The molecule has 3 rings (SSSR count). The van der Waals surface area contributed by atoms with Crippen LogP contribution in [0.1, 0.15) is 33.1 Å². The summed E-state index contributed by atoms with van der Waals surface area (Å²) in [7, 11) is 0. The Hall–Kier alpha value is -3.07. The molecule has 3 heterocycles. The van der Waals surface area contributed by atoms with Gasteiger partial charge in [-0.15, -0.1) is 11.3 Å². The van der Waals surface area contributed by atoms with Crippen molar-refractivity contribution in [2.45, 2.75) is 13.3 Å². The highest BCUT2D eigenvalue weighted by atomic mass is 32.1. The molecule has 0 spiro atoms. The summed E-state index contributed by atoms with van der Waals surface area (Å²) in [5.74, 6) is -0.0336. The Balaban J connectivity index is 1.40. The van der Waals surface area contributed by atoms with E-state index in [2.05, 4.69) is 25.8 Å². The number of rotatable bonds is 7. The fourth-order valence-corrected chi connectivity index (χ4v) is 2.84. The summed E-state index contributed by atoms with van der Waals surface area (Å²) in [6, 6.07) is 5.41. The number of carbonyl (C=O) groups is 2. The first-order chi connectivity index (χ1) is 12.6. The van der Waals surface area contributed by atoms with E-state index in [0.29, 0.717) is 31.0 Å². The standard InChI is InChI=1S/C17H17N5O3S/c1-11-9-18-10-13(21-11)17(24)20-6-3-5-19-16(23)12-8-14(25-22-12)15-4-2-7-26-15/h2,4,7-10H,3,5-6H2,1H3,(H,19,23)(H,20,24). The fourth-order valence-electron chi connectivity index (χ4n) is 2.16. The number of nitrogens with zero attached hydrogens (tertiary/aromatic N) is 3. The third kappa shape index (κ3) is 4.51. The molecular weight excluding hydrogens is 354 g/mol. The molecule has 0 bridgehead atoms. The van der Waals surface area contributed by atoms with E-state index < -0.39 is 0 Å². The van der Waals surface area contributed by atoms with E-state index >= 15 is 0 Å². The van der Waals surface area contributed by atoms with Gasteiger partial charge in [0.2, 0.25) is 0 Å². The van der Waals surface area contributed by atoms with Crippen LogP contribution in [0.4, 0.5) is 0 Å². The predicted molar refractivity (Wildman–Crippen MR) is 95.9 cm³/mol. The Labute approximate surface area is 153 Å². The molecule has 0 atom stereocenters. The molecule has 8 nitrogen and oxygen atoms in total. The first-order valence-electron chi connectivity index (χ1n) is 7.99. The number of hydrogen-bond acceptors (Lipinski definition) is 7. The number of carbonyl (C=O) groups excluding carboxylic acids is 2. The van der Waals surface area contributed by atoms with Gasteiger partial charge in [-0.3, -0.25) is 14.6 Å². The summed E-state index contributed by atoms with van der Waals surface area (Å²) >= 11 is 1.51. The molecule has 0 aliphatic carbocycles. The van der Waals surface area contributed by atoms with Gasteiger partial charge in [0.15, 0.2) is 11.5 Å². The van der Waals surface area contributed by atoms with Gasteiger partial charge in [0.1, 0.15) is 5.69 Å². The van der Waals surface area contributed by atoms with E-state index in [1.807, 2.05) is 17.5 Å². The van der Waals surface area contributed by atoms with Gasteiger partial charge >= 0.3 is 0 Å². The lowest BCUT2D eigenvalue weighted by molar-refractivity contribution is 0.0943. The summed E-state index contributed by atoms with van der Waals surface area (Å²) in [4.78, 5) is 32.9. The van der Waals surface area contributed by atoms with Gasteiger partial charge in [-0.1, -0.05) is 11.2 Å². The van der Waals surface area contributed by atoms with Gasteiger partial charge in [0, 0.05) is 25.4 Å². The molecular formula is C17H17N5O3S. The summed E-state index contributed by atoms with van der Waals surface area (Å²) in [6.07, 6.45) is 3.58. The molecule has 0 aromatic carbocycles. The maximum Gasteiger partial charge on any atom is 0.273 e. The minimum Gasteiger partial charge on any atom is -0.355 e. The SMILES string of the molecule is Cc1cncc(C(=O)NCCCNC(=O)c2cc(-c3cccs3)on2)n1. The molecule has 26 heavy (non-hydrogen) atoms. The van der Waals surface area contributed by atoms with Crippen LogP contribution in [0.2, 0.25) is 0 Å². The Kier molecular flexibility index (Phi) is 5.69. The van der Waals surface area contributed by atoms with Crippen molar-refractivity contribution >= 4 is 23.2 Å². The van der Waals surface area contributed by atoms with Crippen molar-refractivity contribution in [3.8, 4) is 10.6 Å². The molecule has 134 valence electrons. The van der Waals surface area contributed by atoms with Crippen LogP contribution in [0.15, 0.2) is 40.5 Å². The van der Waals surface area contributed by atoms with Crippen LogP contribution in [0.5, 0.6) is 0 Å². The van der Waals surface area contributed by atoms with E-state index in [-0.39, 0.29) is 23.2 Å². The van der Waals surface area contributed by atoms with E-state index in [0.717, 1.165) is 4.88 Å². The number of amides is 2. The highest BCUT2D eigenvalue weighted by Gasteiger charge is 2.14. The summed E-state index contributed by atoms with van der Waals surface area (Å²) < 4.78 is 5.18. The lowest BCUT2D eigenvalue weighted by Crippen LogP contribution is -2.30. The van der Waals surface area contributed by atoms with Crippen LogP contribution in [-0.2, 0) is 0 Å². The molecule has 3 aromatic rings. The quantitative estimate of drug-likeness (QED) is 0.615. The second-order valence-electron chi connectivity index (χ2n) is 5.46. The lowest BCUT2D eigenvalue weighted by Gasteiger charge is -2.05.